The van der Waals surface area contributed by atoms with Crippen LogP contribution in [-0.2, 0) is 26.2 Å². The molecule has 9 heteroatoms. The van der Waals surface area contributed by atoms with E-state index in [2.05, 4.69) is 5.32 Å². The number of nitrogens with zero attached hydrogens (tertiary/aromatic N) is 2. The van der Waals surface area contributed by atoms with Gasteiger partial charge in [0.1, 0.15) is 18.3 Å². The summed E-state index contributed by atoms with van der Waals surface area (Å²) in [6, 6.07) is 23.2. The number of hydrogen-bond acceptors (Lipinski definition) is 5. The standard InChI is InChI=1S/C29H35N3O5S/c1-4-27(29(34)30-5-2)31(21-23-13-9-7-10-14-23)28(33)22-32(24-15-11-8-12-16-24)38(35,36)26-19-17-25(18-20-26)37-6-3/h7-20,27H,4-6,21-22H2,1-3H3,(H,30,34). The highest BCUT2D eigenvalue weighted by Gasteiger charge is 2.33. The Labute approximate surface area is 225 Å². The second-order valence-corrected chi connectivity index (χ2v) is 10.4. The van der Waals surface area contributed by atoms with Gasteiger partial charge < -0.3 is 15.0 Å². The van der Waals surface area contributed by atoms with Crippen LogP contribution in [0, 0.1) is 0 Å². The zero-order valence-corrected chi connectivity index (χ0v) is 22.9. The summed E-state index contributed by atoms with van der Waals surface area (Å²) in [5.41, 5.74) is 1.18. The molecule has 0 aliphatic rings. The number of ether oxygens (including phenoxy) is 1. The number of likely N-dealkylation sites (N-methyl/N-ethyl adjacent to an activating group) is 1. The summed E-state index contributed by atoms with van der Waals surface area (Å²) < 4.78 is 34.2. The average molecular weight is 538 g/mol. The van der Waals surface area contributed by atoms with Crippen molar-refractivity contribution in [3.05, 3.63) is 90.5 Å². The van der Waals surface area contributed by atoms with Crippen LogP contribution < -0.4 is 14.4 Å². The van der Waals surface area contributed by atoms with Crippen LogP contribution in [0.4, 0.5) is 5.69 Å². The van der Waals surface area contributed by atoms with E-state index in [0.717, 1.165) is 9.87 Å². The van der Waals surface area contributed by atoms with E-state index in [1.165, 1.54) is 17.0 Å². The molecule has 0 fully saturated rings. The van der Waals surface area contributed by atoms with Crippen LogP contribution in [0.1, 0.15) is 32.8 Å². The van der Waals surface area contributed by atoms with Gasteiger partial charge in [-0.1, -0.05) is 55.5 Å². The fourth-order valence-electron chi connectivity index (χ4n) is 4.12. The van der Waals surface area contributed by atoms with E-state index in [-0.39, 0.29) is 17.3 Å². The number of anilines is 1. The molecule has 1 atom stereocenters. The first-order valence-electron chi connectivity index (χ1n) is 12.7. The molecule has 0 radical (unpaired) electrons. The van der Waals surface area contributed by atoms with E-state index >= 15 is 0 Å². The molecule has 0 saturated heterocycles. The maximum atomic E-state index is 13.9. The number of carbonyl (C=O) groups excluding carboxylic acids is 2. The third-order valence-corrected chi connectivity index (χ3v) is 7.77. The van der Waals surface area contributed by atoms with Gasteiger partial charge in [0.15, 0.2) is 0 Å². The highest BCUT2D eigenvalue weighted by Crippen LogP contribution is 2.26. The monoisotopic (exact) mass is 537 g/mol. The molecule has 1 N–H and O–H groups in total. The number of para-hydroxylation sites is 1. The highest BCUT2D eigenvalue weighted by atomic mass is 32.2. The quantitative estimate of drug-likeness (QED) is 0.352. The van der Waals surface area contributed by atoms with Crippen molar-refractivity contribution in [1.82, 2.24) is 10.2 Å². The summed E-state index contributed by atoms with van der Waals surface area (Å²) in [4.78, 5) is 28.3. The van der Waals surface area contributed by atoms with Gasteiger partial charge in [-0.3, -0.25) is 13.9 Å². The summed E-state index contributed by atoms with van der Waals surface area (Å²) in [6.07, 6.45) is 0.376. The van der Waals surface area contributed by atoms with Crippen molar-refractivity contribution in [3.63, 3.8) is 0 Å². The van der Waals surface area contributed by atoms with Crippen LogP contribution >= 0.6 is 0 Å². The molecule has 38 heavy (non-hydrogen) atoms. The Hall–Kier alpha value is -3.85. The van der Waals surface area contributed by atoms with E-state index in [1.807, 2.05) is 51.1 Å². The van der Waals surface area contributed by atoms with E-state index in [9.17, 15) is 18.0 Å². The Morgan fingerprint density at radius 1 is 0.868 bits per heavy atom. The fourth-order valence-corrected chi connectivity index (χ4v) is 5.53. The van der Waals surface area contributed by atoms with Gasteiger partial charge in [0.25, 0.3) is 10.0 Å². The highest BCUT2D eigenvalue weighted by molar-refractivity contribution is 7.92. The van der Waals surface area contributed by atoms with Gasteiger partial charge in [0.05, 0.1) is 17.2 Å². The van der Waals surface area contributed by atoms with Crippen molar-refractivity contribution < 1.29 is 22.7 Å². The summed E-state index contributed by atoms with van der Waals surface area (Å²) >= 11 is 0. The number of nitrogens with one attached hydrogen (secondary N) is 1. The van der Waals surface area contributed by atoms with Gasteiger partial charge in [0, 0.05) is 13.1 Å². The van der Waals surface area contributed by atoms with Gasteiger partial charge >= 0.3 is 0 Å². The van der Waals surface area contributed by atoms with Crippen LogP contribution in [0.25, 0.3) is 0 Å². The van der Waals surface area contributed by atoms with Crippen LogP contribution in [0.2, 0.25) is 0 Å². The number of amides is 2. The van der Waals surface area contributed by atoms with Gasteiger partial charge in [-0.05, 0) is 62.2 Å². The zero-order valence-electron chi connectivity index (χ0n) is 22.0. The summed E-state index contributed by atoms with van der Waals surface area (Å²) in [6.45, 7) is 6.07. The van der Waals surface area contributed by atoms with Crippen molar-refractivity contribution in [2.75, 3.05) is 24.0 Å². The maximum absolute atomic E-state index is 13.9. The van der Waals surface area contributed by atoms with Crippen LogP contribution in [0.3, 0.4) is 0 Å². The predicted octanol–water partition coefficient (Wildman–Crippen LogP) is 4.22. The summed E-state index contributed by atoms with van der Waals surface area (Å²) in [5, 5.41) is 2.80. The third kappa shape index (κ3) is 7.13. The fraction of sp³-hybridized carbons (Fsp3) is 0.310. The molecule has 0 aliphatic carbocycles. The Bertz CT molecular complexity index is 1280. The molecule has 0 aromatic heterocycles. The zero-order chi connectivity index (χ0) is 27.5. The lowest BCUT2D eigenvalue weighted by molar-refractivity contribution is -0.140. The molecular weight excluding hydrogens is 502 g/mol. The van der Waals surface area contributed by atoms with Gasteiger partial charge in [-0.2, -0.15) is 0 Å². The minimum atomic E-state index is -4.12. The first kappa shape index (κ1) is 28.7. The maximum Gasteiger partial charge on any atom is 0.264 e. The number of carbonyl (C=O) groups is 2. The molecule has 8 nitrogen and oxygen atoms in total. The lowest BCUT2D eigenvalue weighted by atomic mass is 10.1. The second-order valence-electron chi connectivity index (χ2n) is 8.58. The minimum absolute atomic E-state index is 0.0305. The van der Waals surface area contributed by atoms with E-state index in [0.29, 0.717) is 31.0 Å². The molecule has 0 bridgehead atoms. The minimum Gasteiger partial charge on any atom is -0.494 e. The SMILES string of the molecule is CCNC(=O)C(CC)N(Cc1ccccc1)C(=O)CN(c1ccccc1)S(=O)(=O)c1ccc(OCC)cc1. The van der Waals surface area contributed by atoms with Crippen molar-refractivity contribution >= 4 is 27.5 Å². The third-order valence-electron chi connectivity index (χ3n) is 5.98. The normalized spacial score (nSPS) is 11.9. The van der Waals surface area contributed by atoms with Crippen LogP contribution in [-0.4, -0.2) is 50.9 Å². The largest absolute Gasteiger partial charge is 0.494 e. The molecule has 1 unspecified atom stereocenters. The average Bonchev–Trinajstić information content (AvgIpc) is 2.93. The number of rotatable bonds is 13. The molecule has 3 rings (SSSR count). The van der Waals surface area contributed by atoms with Crippen LogP contribution in [0.15, 0.2) is 89.8 Å². The van der Waals surface area contributed by atoms with Crippen molar-refractivity contribution in [2.45, 2.75) is 44.7 Å². The van der Waals surface area contributed by atoms with Crippen LogP contribution in [0.5, 0.6) is 5.75 Å². The van der Waals surface area contributed by atoms with E-state index in [4.69, 9.17) is 4.74 Å². The predicted molar refractivity (Wildman–Crippen MR) is 148 cm³/mol. The number of benzene rings is 3. The smallest absolute Gasteiger partial charge is 0.264 e. The van der Waals surface area contributed by atoms with E-state index in [1.54, 1.807) is 42.5 Å². The molecule has 3 aromatic carbocycles. The Kier molecular flexibility index (Phi) is 10.3. The topological polar surface area (TPSA) is 96.0 Å². The molecule has 3 aromatic rings. The molecule has 0 saturated carbocycles. The lowest BCUT2D eigenvalue weighted by Crippen LogP contribution is -2.52. The first-order valence-corrected chi connectivity index (χ1v) is 14.2. The number of hydrogen-bond donors (Lipinski definition) is 1. The lowest BCUT2D eigenvalue weighted by Gasteiger charge is -2.33. The van der Waals surface area contributed by atoms with Gasteiger partial charge in [-0.25, -0.2) is 8.42 Å². The Balaban J connectivity index is 2.00. The Morgan fingerprint density at radius 3 is 2.03 bits per heavy atom. The second kappa shape index (κ2) is 13.6. The Morgan fingerprint density at radius 2 is 1.47 bits per heavy atom. The molecule has 2 amide bonds. The van der Waals surface area contributed by atoms with Crippen molar-refractivity contribution in [3.8, 4) is 5.75 Å². The van der Waals surface area contributed by atoms with Crippen molar-refractivity contribution in [2.24, 2.45) is 0 Å². The van der Waals surface area contributed by atoms with E-state index < -0.39 is 28.5 Å². The molecule has 0 heterocycles. The van der Waals surface area contributed by atoms with Gasteiger partial charge in [0.2, 0.25) is 11.8 Å². The van der Waals surface area contributed by atoms with Gasteiger partial charge in [-0.15, -0.1) is 0 Å². The summed E-state index contributed by atoms with van der Waals surface area (Å²) in [5.74, 6) is -0.208. The van der Waals surface area contributed by atoms with Crippen molar-refractivity contribution in [1.29, 1.82) is 0 Å². The summed E-state index contributed by atoms with van der Waals surface area (Å²) in [7, 11) is -4.12. The number of sulfonamides is 1. The molecular formula is C29H35N3O5S. The first-order chi connectivity index (χ1) is 18.3. The molecule has 0 aliphatic heterocycles. The molecule has 0 spiro atoms. The molecule has 202 valence electrons.